The lowest BCUT2D eigenvalue weighted by Crippen LogP contribution is -2.43. The van der Waals surface area contributed by atoms with Crippen molar-refractivity contribution in [2.75, 3.05) is 5.88 Å². The normalized spacial score (nSPS) is 27.4. The van der Waals surface area contributed by atoms with E-state index in [0.29, 0.717) is 5.88 Å². The monoisotopic (exact) mass is 251 g/mol. The van der Waals surface area contributed by atoms with Crippen LogP contribution < -0.4 is 5.32 Å². The third-order valence-electron chi connectivity index (χ3n) is 3.59. The van der Waals surface area contributed by atoms with Gasteiger partial charge in [0.25, 0.3) is 0 Å². The van der Waals surface area contributed by atoms with Crippen molar-refractivity contribution in [3.05, 3.63) is 0 Å². The average Bonchev–Trinajstić information content (AvgIpc) is 2.98. The molecule has 0 saturated heterocycles. The van der Waals surface area contributed by atoms with Crippen LogP contribution in [0, 0.1) is 5.92 Å². The largest absolute Gasteiger partial charge is 0.349 e. The van der Waals surface area contributed by atoms with E-state index in [1.807, 2.05) is 0 Å². The first-order valence-corrected chi connectivity index (χ1v) is 6.26. The van der Waals surface area contributed by atoms with Gasteiger partial charge in [0.1, 0.15) is 0 Å². The Morgan fingerprint density at radius 1 is 1.25 bits per heavy atom. The third kappa shape index (κ3) is 2.65. The Morgan fingerprint density at radius 3 is 2.25 bits per heavy atom. The summed E-state index contributed by atoms with van der Waals surface area (Å²) in [6.45, 7) is 0. The van der Waals surface area contributed by atoms with Crippen LogP contribution in [-0.4, -0.2) is 23.2 Å². The summed E-state index contributed by atoms with van der Waals surface area (Å²) in [4.78, 5) is 11.8. The highest BCUT2D eigenvalue weighted by Crippen LogP contribution is 2.39. The smallest absolute Gasteiger partial charge is 0.248 e. The molecule has 2 aliphatic carbocycles. The molecule has 0 spiro atoms. The molecule has 0 aromatic rings. The van der Waals surface area contributed by atoms with Crippen LogP contribution in [0.2, 0.25) is 0 Å². The molecule has 0 atom stereocenters. The van der Waals surface area contributed by atoms with Crippen LogP contribution in [0.4, 0.5) is 8.78 Å². The van der Waals surface area contributed by atoms with E-state index in [9.17, 15) is 13.6 Å². The first-order valence-electron chi connectivity index (χ1n) is 5.72. The van der Waals surface area contributed by atoms with E-state index in [2.05, 4.69) is 5.32 Å². The van der Waals surface area contributed by atoms with E-state index in [0.717, 1.165) is 12.8 Å². The Balaban J connectivity index is 1.83. The Bertz CT molecular complexity index is 282. The molecule has 2 fully saturated rings. The fourth-order valence-corrected chi connectivity index (χ4v) is 2.44. The predicted octanol–water partition coefficient (Wildman–Crippen LogP) is 2.70. The van der Waals surface area contributed by atoms with E-state index in [1.165, 1.54) is 0 Å². The lowest BCUT2D eigenvalue weighted by atomic mass is 9.86. The summed E-state index contributed by atoms with van der Waals surface area (Å²) in [5.41, 5.74) is -0.224. The van der Waals surface area contributed by atoms with Crippen molar-refractivity contribution in [1.82, 2.24) is 5.32 Å². The molecule has 5 heteroatoms. The fourth-order valence-electron chi connectivity index (χ4n) is 2.11. The number of halogens is 3. The molecule has 92 valence electrons. The zero-order chi connectivity index (χ0) is 11.8. The highest BCUT2D eigenvalue weighted by atomic mass is 35.5. The maximum Gasteiger partial charge on any atom is 0.248 e. The molecule has 2 aliphatic rings. The van der Waals surface area contributed by atoms with Gasteiger partial charge in [0.05, 0.1) is 5.54 Å². The van der Waals surface area contributed by atoms with Gasteiger partial charge in [-0.1, -0.05) is 0 Å². The van der Waals surface area contributed by atoms with Crippen LogP contribution in [-0.2, 0) is 4.79 Å². The maximum atomic E-state index is 12.9. The molecule has 0 aromatic carbocycles. The molecule has 0 aliphatic heterocycles. The van der Waals surface area contributed by atoms with Gasteiger partial charge in [-0.3, -0.25) is 4.79 Å². The number of carbonyl (C=O) groups is 1. The molecule has 1 amide bonds. The third-order valence-corrected chi connectivity index (χ3v) is 4.10. The summed E-state index contributed by atoms with van der Waals surface area (Å²) < 4.78 is 25.8. The van der Waals surface area contributed by atoms with Gasteiger partial charge >= 0.3 is 0 Å². The quantitative estimate of drug-likeness (QED) is 0.768. The molecular weight excluding hydrogens is 236 g/mol. The zero-order valence-electron chi connectivity index (χ0n) is 9.07. The van der Waals surface area contributed by atoms with Crippen LogP contribution in [0.5, 0.6) is 0 Å². The second-order valence-corrected chi connectivity index (χ2v) is 5.30. The molecule has 1 N–H and O–H groups in total. The highest BCUT2D eigenvalue weighted by molar-refractivity contribution is 6.19. The van der Waals surface area contributed by atoms with Crippen molar-refractivity contribution in [3.63, 3.8) is 0 Å². The van der Waals surface area contributed by atoms with Crippen LogP contribution in [0.25, 0.3) is 0 Å². The summed E-state index contributed by atoms with van der Waals surface area (Å²) in [5, 5.41) is 2.90. The van der Waals surface area contributed by atoms with Crippen molar-refractivity contribution >= 4 is 17.5 Å². The Hall–Kier alpha value is -0.380. The molecule has 0 unspecified atom stereocenters. The van der Waals surface area contributed by atoms with Crippen molar-refractivity contribution in [3.8, 4) is 0 Å². The van der Waals surface area contributed by atoms with Gasteiger partial charge in [-0.05, 0) is 25.7 Å². The first-order chi connectivity index (χ1) is 7.46. The second-order valence-electron chi connectivity index (χ2n) is 5.03. The summed E-state index contributed by atoms with van der Waals surface area (Å²) in [6, 6.07) is 0. The molecule has 2 nitrogen and oxygen atoms in total. The molecule has 2 rings (SSSR count). The minimum atomic E-state index is -2.57. The van der Waals surface area contributed by atoms with Crippen molar-refractivity contribution in [2.24, 2.45) is 5.92 Å². The number of rotatable bonds is 3. The topological polar surface area (TPSA) is 29.1 Å². The zero-order valence-corrected chi connectivity index (χ0v) is 9.83. The SMILES string of the molecule is O=C(NC1(CCl)CC1)C1CCC(F)(F)CC1. The molecule has 2 saturated carbocycles. The number of alkyl halides is 3. The number of carbonyl (C=O) groups excluding carboxylic acids is 1. The van der Waals surface area contributed by atoms with E-state index in [-0.39, 0.29) is 43.0 Å². The molecular formula is C11H16ClF2NO. The summed E-state index contributed by atoms with van der Waals surface area (Å²) in [6.07, 6.45) is 2.06. The number of amides is 1. The van der Waals surface area contributed by atoms with Gasteiger partial charge in [-0.2, -0.15) is 0 Å². The average molecular weight is 252 g/mol. The van der Waals surface area contributed by atoms with Gasteiger partial charge in [-0.15, -0.1) is 11.6 Å². The Morgan fingerprint density at radius 2 is 1.81 bits per heavy atom. The summed E-state index contributed by atoms with van der Waals surface area (Å²) in [7, 11) is 0. The molecule has 0 bridgehead atoms. The van der Waals surface area contributed by atoms with Crippen molar-refractivity contribution < 1.29 is 13.6 Å². The van der Waals surface area contributed by atoms with Crippen LogP contribution in [0.1, 0.15) is 38.5 Å². The Kier molecular flexibility index (Phi) is 3.12. The lowest BCUT2D eigenvalue weighted by molar-refractivity contribution is -0.129. The van der Waals surface area contributed by atoms with Crippen LogP contribution in [0.3, 0.4) is 0 Å². The standard InChI is InChI=1S/C11H16ClF2NO/c12-7-10(5-6-10)15-9(16)8-1-3-11(13,14)4-2-8/h8H,1-7H2,(H,15,16). The highest BCUT2D eigenvalue weighted by Gasteiger charge is 2.45. The van der Waals surface area contributed by atoms with Gasteiger partial charge < -0.3 is 5.32 Å². The molecule has 0 heterocycles. The van der Waals surface area contributed by atoms with E-state index < -0.39 is 5.92 Å². The Labute approximate surface area is 98.7 Å². The number of hydrogen-bond acceptors (Lipinski definition) is 1. The van der Waals surface area contributed by atoms with E-state index in [4.69, 9.17) is 11.6 Å². The minimum absolute atomic E-state index is 0.0892. The van der Waals surface area contributed by atoms with Gasteiger partial charge in [-0.25, -0.2) is 8.78 Å². The van der Waals surface area contributed by atoms with E-state index in [1.54, 1.807) is 0 Å². The van der Waals surface area contributed by atoms with Gasteiger partial charge in [0.15, 0.2) is 0 Å². The summed E-state index contributed by atoms with van der Waals surface area (Å²) >= 11 is 5.75. The van der Waals surface area contributed by atoms with Gasteiger partial charge in [0, 0.05) is 24.6 Å². The van der Waals surface area contributed by atoms with Crippen LogP contribution >= 0.6 is 11.6 Å². The van der Waals surface area contributed by atoms with Gasteiger partial charge in [0.2, 0.25) is 11.8 Å². The fraction of sp³-hybridized carbons (Fsp3) is 0.909. The lowest BCUT2D eigenvalue weighted by Gasteiger charge is -2.28. The predicted molar refractivity (Wildman–Crippen MR) is 57.7 cm³/mol. The second kappa shape index (κ2) is 4.13. The molecule has 0 radical (unpaired) electrons. The minimum Gasteiger partial charge on any atom is -0.349 e. The van der Waals surface area contributed by atoms with E-state index >= 15 is 0 Å². The molecule has 16 heavy (non-hydrogen) atoms. The molecule has 0 aromatic heterocycles. The number of hydrogen-bond donors (Lipinski definition) is 1. The van der Waals surface area contributed by atoms with Crippen LogP contribution in [0.15, 0.2) is 0 Å². The maximum absolute atomic E-state index is 12.9. The number of nitrogens with one attached hydrogen (secondary N) is 1. The summed E-state index contributed by atoms with van der Waals surface area (Å²) in [5.74, 6) is -2.49. The first kappa shape index (κ1) is 12.1. The van der Waals surface area contributed by atoms with Crippen molar-refractivity contribution in [1.29, 1.82) is 0 Å². The van der Waals surface area contributed by atoms with Crippen molar-refractivity contribution in [2.45, 2.75) is 50.0 Å².